The molecule has 0 aliphatic carbocycles. The lowest BCUT2D eigenvalue weighted by atomic mass is 10.0. The molecule has 5 heteroatoms. The van der Waals surface area contributed by atoms with Gasteiger partial charge in [0.1, 0.15) is 6.61 Å². The summed E-state index contributed by atoms with van der Waals surface area (Å²) in [4.78, 5) is 24.9. The van der Waals surface area contributed by atoms with Crippen molar-refractivity contribution in [2.45, 2.75) is 232 Å². The van der Waals surface area contributed by atoms with Gasteiger partial charge in [-0.2, -0.15) is 0 Å². The maximum Gasteiger partial charge on any atom is 0.306 e. The number of unbranched alkanes of at least 4 members (excludes halogenated alkanes) is 26. The van der Waals surface area contributed by atoms with E-state index in [9.17, 15) is 9.59 Å². The summed E-state index contributed by atoms with van der Waals surface area (Å²) in [5.74, 6) is -0.402. The van der Waals surface area contributed by atoms with E-state index in [2.05, 4.69) is 32.9 Å². The first-order valence-corrected chi connectivity index (χ1v) is 21.2. The molecule has 0 spiro atoms. The zero-order valence-corrected chi connectivity index (χ0v) is 32.5. The minimum absolute atomic E-state index is 0.0893. The highest BCUT2D eigenvalue weighted by Crippen LogP contribution is 2.15. The topological polar surface area (TPSA) is 61.8 Å². The Kier molecular flexibility index (Phi) is 38.9. The van der Waals surface area contributed by atoms with E-state index in [0.717, 1.165) is 44.9 Å². The lowest BCUT2D eigenvalue weighted by molar-refractivity contribution is -0.163. The first-order valence-electron chi connectivity index (χ1n) is 21.2. The summed E-state index contributed by atoms with van der Waals surface area (Å²) in [5.41, 5.74) is 0. The van der Waals surface area contributed by atoms with Crippen molar-refractivity contribution in [2.75, 3.05) is 19.8 Å². The molecule has 0 radical (unpaired) electrons. The second-order valence-electron chi connectivity index (χ2n) is 14.3. The summed E-state index contributed by atoms with van der Waals surface area (Å²) < 4.78 is 17.1. The fraction of sp³-hybridized carbons (Fsp3) is 0.907. The van der Waals surface area contributed by atoms with Gasteiger partial charge >= 0.3 is 11.9 Å². The third-order valence-corrected chi connectivity index (χ3v) is 9.30. The molecule has 284 valence electrons. The van der Waals surface area contributed by atoms with Crippen LogP contribution in [0.15, 0.2) is 12.2 Å². The average Bonchev–Trinajstić information content (AvgIpc) is 3.08. The summed E-state index contributed by atoms with van der Waals surface area (Å²) in [5, 5.41) is 0. The van der Waals surface area contributed by atoms with Gasteiger partial charge in [-0.1, -0.05) is 187 Å². The quantitative estimate of drug-likeness (QED) is 0.0368. The molecule has 1 unspecified atom stereocenters. The Hall–Kier alpha value is -1.36. The van der Waals surface area contributed by atoms with Crippen LogP contribution in [0.3, 0.4) is 0 Å². The number of ether oxygens (including phenoxy) is 3. The fourth-order valence-electron chi connectivity index (χ4n) is 6.08. The highest BCUT2D eigenvalue weighted by Gasteiger charge is 2.17. The molecule has 0 saturated heterocycles. The van der Waals surface area contributed by atoms with Crippen LogP contribution in [0, 0.1) is 0 Å². The molecule has 1 atom stereocenters. The van der Waals surface area contributed by atoms with Crippen LogP contribution >= 0.6 is 0 Å². The lowest BCUT2D eigenvalue weighted by Gasteiger charge is -2.18. The van der Waals surface area contributed by atoms with Crippen LogP contribution in [0.4, 0.5) is 0 Å². The van der Waals surface area contributed by atoms with Crippen LogP contribution in [-0.2, 0) is 23.8 Å². The van der Waals surface area contributed by atoms with E-state index in [1.54, 1.807) is 0 Å². The molecule has 0 saturated carbocycles. The van der Waals surface area contributed by atoms with Gasteiger partial charge in [0.15, 0.2) is 6.10 Å². The third-order valence-electron chi connectivity index (χ3n) is 9.30. The maximum absolute atomic E-state index is 12.5. The lowest BCUT2D eigenvalue weighted by Crippen LogP contribution is -2.30. The average molecular weight is 679 g/mol. The predicted molar refractivity (Wildman–Crippen MR) is 206 cm³/mol. The van der Waals surface area contributed by atoms with Crippen molar-refractivity contribution in [1.29, 1.82) is 0 Å². The van der Waals surface area contributed by atoms with Crippen molar-refractivity contribution in [3.63, 3.8) is 0 Å². The number of hydrogen-bond donors (Lipinski definition) is 0. The Balaban J connectivity index is 4.04. The zero-order valence-electron chi connectivity index (χ0n) is 32.5. The Morgan fingerprint density at radius 1 is 0.438 bits per heavy atom. The van der Waals surface area contributed by atoms with E-state index in [1.165, 1.54) is 148 Å². The number of carbonyl (C=O) groups excluding carboxylic acids is 2. The van der Waals surface area contributed by atoms with Gasteiger partial charge in [0, 0.05) is 19.4 Å². The Morgan fingerprint density at radius 3 is 1.33 bits per heavy atom. The standard InChI is InChI=1S/C43H82O5/c1-4-7-10-13-15-17-19-21-22-23-24-26-28-31-33-36-42(44)47-40-41(48-43(45)37-34-30-12-9-6-3)39-46-38-35-32-29-27-25-20-18-16-14-11-8-5-2/h14,16,41H,4-13,15,17-40H2,1-3H3/b16-14-. The minimum atomic E-state index is -0.525. The smallest absolute Gasteiger partial charge is 0.306 e. The molecule has 0 amide bonds. The molecule has 0 aliphatic heterocycles. The van der Waals surface area contributed by atoms with E-state index < -0.39 is 6.10 Å². The number of hydrogen-bond acceptors (Lipinski definition) is 5. The highest BCUT2D eigenvalue weighted by molar-refractivity contribution is 5.70. The molecule has 0 fully saturated rings. The normalized spacial score (nSPS) is 12.1. The highest BCUT2D eigenvalue weighted by atomic mass is 16.6. The zero-order chi connectivity index (χ0) is 35.0. The van der Waals surface area contributed by atoms with E-state index in [1.807, 2.05) is 0 Å². The van der Waals surface area contributed by atoms with Crippen LogP contribution in [0.5, 0.6) is 0 Å². The van der Waals surface area contributed by atoms with Gasteiger partial charge in [0.25, 0.3) is 0 Å². The number of carbonyl (C=O) groups is 2. The molecule has 5 nitrogen and oxygen atoms in total. The summed E-state index contributed by atoms with van der Waals surface area (Å²) in [6.45, 7) is 7.74. The molecular formula is C43H82O5. The van der Waals surface area contributed by atoms with Crippen molar-refractivity contribution < 1.29 is 23.8 Å². The van der Waals surface area contributed by atoms with Gasteiger partial charge < -0.3 is 14.2 Å². The molecule has 0 aliphatic rings. The Morgan fingerprint density at radius 2 is 0.833 bits per heavy atom. The monoisotopic (exact) mass is 679 g/mol. The van der Waals surface area contributed by atoms with Gasteiger partial charge in [0.05, 0.1) is 6.61 Å². The van der Waals surface area contributed by atoms with Crippen LogP contribution in [0.1, 0.15) is 226 Å². The van der Waals surface area contributed by atoms with E-state index in [4.69, 9.17) is 14.2 Å². The molecule has 0 rings (SSSR count). The molecule has 0 aromatic rings. The van der Waals surface area contributed by atoms with E-state index in [-0.39, 0.29) is 25.2 Å². The number of rotatable bonds is 39. The minimum Gasteiger partial charge on any atom is -0.462 e. The predicted octanol–water partition coefficient (Wildman–Crippen LogP) is 13.6. The van der Waals surface area contributed by atoms with Crippen molar-refractivity contribution in [3.8, 4) is 0 Å². The molecule has 0 bridgehead atoms. The van der Waals surface area contributed by atoms with Crippen molar-refractivity contribution in [1.82, 2.24) is 0 Å². The summed E-state index contributed by atoms with van der Waals surface area (Å²) >= 11 is 0. The third kappa shape index (κ3) is 37.5. The first-order chi connectivity index (χ1) is 23.6. The van der Waals surface area contributed by atoms with Crippen LogP contribution < -0.4 is 0 Å². The second kappa shape index (κ2) is 40.1. The van der Waals surface area contributed by atoms with E-state index in [0.29, 0.717) is 19.4 Å². The summed E-state index contributed by atoms with van der Waals surface area (Å²) in [7, 11) is 0. The van der Waals surface area contributed by atoms with Gasteiger partial charge in [-0.05, 0) is 38.5 Å². The molecule has 0 aromatic carbocycles. The Labute approximate surface area is 299 Å². The summed E-state index contributed by atoms with van der Waals surface area (Å²) in [6, 6.07) is 0. The van der Waals surface area contributed by atoms with Crippen molar-refractivity contribution >= 4 is 11.9 Å². The van der Waals surface area contributed by atoms with Gasteiger partial charge in [-0.25, -0.2) is 0 Å². The summed E-state index contributed by atoms with van der Waals surface area (Å²) in [6.07, 6.45) is 42.3. The first kappa shape index (κ1) is 46.6. The number of allylic oxidation sites excluding steroid dienone is 2. The second-order valence-corrected chi connectivity index (χ2v) is 14.3. The Bertz CT molecular complexity index is 691. The van der Waals surface area contributed by atoms with Crippen LogP contribution in [0.2, 0.25) is 0 Å². The molecule has 0 N–H and O–H groups in total. The van der Waals surface area contributed by atoms with Gasteiger partial charge in [-0.15, -0.1) is 0 Å². The van der Waals surface area contributed by atoms with Crippen molar-refractivity contribution in [3.05, 3.63) is 12.2 Å². The van der Waals surface area contributed by atoms with E-state index >= 15 is 0 Å². The molecule has 48 heavy (non-hydrogen) atoms. The largest absolute Gasteiger partial charge is 0.462 e. The molecule has 0 heterocycles. The maximum atomic E-state index is 12.5. The fourth-order valence-corrected chi connectivity index (χ4v) is 6.08. The van der Waals surface area contributed by atoms with Gasteiger partial charge in [0.2, 0.25) is 0 Å². The number of esters is 2. The molecular weight excluding hydrogens is 596 g/mol. The van der Waals surface area contributed by atoms with Crippen molar-refractivity contribution in [2.24, 2.45) is 0 Å². The van der Waals surface area contributed by atoms with Crippen LogP contribution in [0.25, 0.3) is 0 Å². The van der Waals surface area contributed by atoms with Crippen LogP contribution in [-0.4, -0.2) is 37.9 Å². The van der Waals surface area contributed by atoms with Gasteiger partial charge in [-0.3, -0.25) is 9.59 Å². The SMILES string of the molecule is CCCC/C=C\CCCCCCCCOCC(COC(=O)CCCCCCCCCCCCCCCCC)OC(=O)CCCCCCC. The molecule has 0 aromatic heterocycles.